The van der Waals surface area contributed by atoms with Crippen molar-refractivity contribution < 1.29 is 0 Å². The predicted octanol–water partition coefficient (Wildman–Crippen LogP) is 3.74. The van der Waals surface area contributed by atoms with Crippen molar-refractivity contribution in [1.82, 2.24) is 4.98 Å². The molecule has 0 radical (unpaired) electrons. The van der Waals surface area contributed by atoms with Crippen LogP contribution in [0.4, 0.5) is 0 Å². The zero-order valence-corrected chi connectivity index (χ0v) is 12.1. The van der Waals surface area contributed by atoms with Crippen LogP contribution < -0.4 is 5.73 Å². The van der Waals surface area contributed by atoms with Gasteiger partial charge in [-0.1, -0.05) is 37.6 Å². The monoisotopic (exact) mass is 260 g/mol. The summed E-state index contributed by atoms with van der Waals surface area (Å²) in [6, 6.07) is 8.55. The summed E-state index contributed by atoms with van der Waals surface area (Å²) >= 11 is 1.80. The highest BCUT2D eigenvalue weighted by Gasteiger charge is 2.15. The van der Waals surface area contributed by atoms with Crippen LogP contribution >= 0.6 is 11.3 Å². The second kappa shape index (κ2) is 5.63. The molecule has 0 atom stereocenters. The SMILES string of the molecule is Cc1cccc(-c2nc(CCN)sc2C(C)C)c1. The Labute approximate surface area is 113 Å². The van der Waals surface area contributed by atoms with E-state index in [1.807, 2.05) is 0 Å². The van der Waals surface area contributed by atoms with Gasteiger partial charge in [-0.25, -0.2) is 4.98 Å². The van der Waals surface area contributed by atoms with Crippen LogP contribution in [0.2, 0.25) is 0 Å². The number of aryl methyl sites for hydroxylation is 1. The number of hydrogen-bond donors (Lipinski definition) is 1. The Kier molecular flexibility index (Phi) is 4.15. The molecule has 0 aliphatic rings. The molecule has 3 heteroatoms. The number of benzene rings is 1. The molecule has 2 N–H and O–H groups in total. The van der Waals surface area contributed by atoms with Crippen molar-refractivity contribution in [2.45, 2.75) is 33.1 Å². The standard InChI is InChI=1S/C15H20N2S/c1-10(2)15-14(17-13(18-15)7-8-16)12-6-4-5-11(3)9-12/h4-6,9-10H,7-8,16H2,1-3H3. The molecule has 1 aromatic heterocycles. The molecule has 2 nitrogen and oxygen atoms in total. The van der Waals surface area contributed by atoms with Crippen LogP contribution in [0.1, 0.15) is 35.2 Å². The number of thiazole rings is 1. The van der Waals surface area contributed by atoms with Crippen molar-refractivity contribution >= 4 is 11.3 Å². The number of aromatic nitrogens is 1. The van der Waals surface area contributed by atoms with Crippen molar-refractivity contribution in [2.75, 3.05) is 6.54 Å². The highest BCUT2D eigenvalue weighted by Crippen LogP contribution is 2.34. The Hall–Kier alpha value is -1.19. The quantitative estimate of drug-likeness (QED) is 0.909. The summed E-state index contributed by atoms with van der Waals surface area (Å²) in [4.78, 5) is 6.14. The molecule has 2 aromatic rings. The van der Waals surface area contributed by atoms with E-state index in [0.29, 0.717) is 12.5 Å². The maximum Gasteiger partial charge on any atom is 0.0948 e. The van der Waals surface area contributed by atoms with Gasteiger partial charge in [-0.2, -0.15) is 0 Å². The molecule has 0 saturated heterocycles. The van der Waals surface area contributed by atoms with Gasteiger partial charge >= 0.3 is 0 Å². The minimum Gasteiger partial charge on any atom is -0.330 e. The third kappa shape index (κ3) is 2.79. The molecule has 1 aromatic carbocycles. The Balaban J connectivity index is 2.48. The van der Waals surface area contributed by atoms with Crippen molar-refractivity contribution in [1.29, 1.82) is 0 Å². The molecule has 0 bridgehead atoms. The lowest BCUT2D eigenvalue weighted by atomic mass is 10.0. The second-order valence-electron chi connectivity index (χ2n) is 4.88. The van der Waals surface area contributed by atoms with Gasteiger partial charge in [0.15, 0.2) is 0 Å². The molecule has 0 aliphatic carbocycles. The van der Waals surface area contributed by atoms with Crippen LogP contribution in [0.5, 0.6) is 0 Å². The van der Waals surface area contributed by atoms with E-state index in [4.69, 9.17) is 10.7 Å². The maximum atomic E-state index is 5.63. The van der Waals surface area contributed by atoms with Crippen LogP contribution in [0.25, 0.3) is 11.3 Å². The Morgan fingerprint density at radius 2 is 2.11 bits per heavy atom. The van der Waals surface area contributed by atoms with Crippen LogP contribution in [-0.2, 0) is 6.42 Å². The van der Waals surface area contributed by atoms with Crippen LogP contribution in [0, 0.1) is 6.92 Å². The third-order valence-electron chi connectivity index (χ3n) is 2.87. The molecule has 0 saturated carbocycles. The largest absolute Gasteiger partial charge is 0.330 e. The third-order valence-corrected chi connectivity index (χ3v) is 4.29. The molecule has 0 aliphatic heterocycles. The van der Waals surface area contributed by atoms with E-state index in [1.54, 1.807) is 11.3 Å². The first kappa shape index (κ1) is 13.2. The fourth-order valence-electron chi connectivity index (χ4n) is 2.00. The smallest absolute Gasteiger partial charge is 0.0948 e. The summed E-state index contributed by atoms with van der Waals surface area (Å²) in [5, 5.41) is 1.15. The lowest BCUT2D eigenvalue weighted by Crippen LogP contribution is -2.01. The first-order chi connectivity index (χ1) is 8.61. The van der Waals surface area contributed by atoms with Crippen molar-refractivity contribution in [2.24, 2.45) is 5.73 Å². The van der Waals surface area contributed by atoms with E-state index in [0.717, 1.165) is 17.1 Å². The molecule has 1 heterocycles. The molecular weight excluding hydrogens is 240 g/mol. The highest BCUT2D eigenvalue weighted by molar-refractivity contribution is 7.12. The molecule has 2 rings (SSSR count). The van der Waals surface area contributed by atoms with Gasteiger partial charge in [0.2, 0.25) is 0 Å². The maximum absolute atomic E-state index is 5.63. The molecule has 0 unspecified atom stereocenters. The Bertz CT molecular complexity index is 529. The van der Waals surface area contributed by atoms with Crippen LogP contribution in [0.15, 0.2) is 24.3 Å². The Morgan fingerprint density at radius 3 is 2.72 bits per heavy atom. The zero-order valence-electron chi connectivity index (χ0n) is 11.2. The van der Waals surface area contributed by atoms with Crippen molar-refractivity contribution in [3.8, 4) is 11.3 Å². The van der Waals surface area contributed by atoms with Crippen molar-refractivity contribution in [3.05, 3.63) is 39.7 Å². The summed E-state index contributed by atoms with van der Waals surface area (Å²) in [6.07, 6.45) is 0.871. The Morgan fingerprint density at radius 1 is 1.33 bits per heavy atom. The van der Waals surface area contributed by atoms with Gasteiger partial charge in [0.1, 0.15) is 0 Å². The molecule has 0 spiro atoms. The molecule has 0 fully saturated rings. The summed E-state index contributed by atoms with van der Waals surface area (Å²) in [7, 11) is 0. The minimum absolute atomic E-state index is 0.504. The van der Waals surface area contributed by atoms with E-state index >= 15 is 0 Å². The minimum atomic E-state index is 0.504. The summed E-state index contributed by atoms with van der Waals surface area (Å²) in [5.41, 5.74) is 9.26. The van der Waals surface area contributed by atoms with Gasteiger partial charge in [0.25, 0.3) is 0 Å². The summed E-state index contributed by atoms with van der Waals surface area (Å²) < 4.78 is 0. The normalized spacial score (nSPS) is 11.2. The van der Waals surface area contributed by atoms with Gasteiger partial charge in [-0.05, 0) is 25.5 Å². The lowest BCUT2D eigenvalue weighted by molar-refractivity contribution is 0.887. The average Bonchev–Trinajstić information content (AvgIpc) is 2.74. The second-order valence-corrected chi connectivity index (χ2v) is 6.00. The summed E-state index contributed by atoms with van der Waals surface area (Å²) in [5.74, 6) is 0.504. The highest BCUT2D eigenvalue weighted by atomic mass is 32.1. The lowest BCUT2D eigenvalue weighted by Gasteiger charge is -2.05. The number of nitrogens with zero attached hydrogens (tertiary/aromatic N) is 1. The van der Waals surface area contributed by atoms with Crippen LogP contribution in [-0.4, -0.2) is 11.5 Å². The average molecular weight is 260 g/mol. The fraction of sp³-hybridized carbons (Fsp3) is 0.400. The van der Waals surface area contributed by atoms with E-state index < -0.39 is 0 Å². The van der Waals surface area contributed by atoms with Crippen molar-refractivity contribution in [3.63, 3.8) is 0 Å². The topological polar surface area (TPSA) is 38.9 Å². The molecule has 18 heavy (non-hydrogen) atoms. The van der Waals surface area contributed by atoms with Gasteiger partial charge in [0.05, 0.1) is 10.7 Å². The van der Waals surface area contributed by atoms with Gasteiger partial charge in [-0.3, -0.25) is 0 Å². The molecule has 96 valence electrons. The predicted molar refractivity (Wildman–Crippen MR) is 79.1 cm³/mol. The first-order valence-electron chi connectivity index (χ1n) is 6.38. The van der Waals surface area contributed by atoms with Gasteiger partial charge in [0, 0.05) is 16.9 Å². The van der Waals surface area contributed by atoms with Gasteiger partial charge in [-0.15, -0.1) is 11.3 Å². The van der Waals surface area contributed by atoms with Crippen LogP contribution in [0.3, 0.4) is 0 Å². The number of nitrogens with two attached hydrogens (primary N) is 1. The molecule has 0 amide bonds. The molecular formula is C15H20N2S. The van der Waals surface area contributed by atoms with E-state index in [1.165, 1.54) is 16.0 Å². The summed E-state index contributed by atoms with van der Waals surface area (Å²) in [6.45, 7) is 7.22. The first-order valence-corrected chi connectivity index (χ1v) is 7.20. The van der Waals surface area contributed by atoms with E-state index in [9.17, 15) is 0 Å². The number of hydrogen-bond acceptors (Lipinski definition) is 3. The zero-order chi connectivity index (χ0) is 13.1. The van der Waals surface area contributed by atoms with Gasteiger partial charge < -0.3 is 5.73 Å². The van der Waals surface area contributed by atoms with E-state index in [2.05, 4.69) is 45.0 Å². The fourth-order valence-corrected chi connectivity index (χ4v) is 3.11. The number of rotatable bonds is 4. The van der Waals surface area contributed by atoms with E-state index in [-0.39, 0.29) is 0 Å².